The molecule has 1 spiro atoms. The number of aromatic nitrogens is 3. The molecule has 0 saturated heterocycles. The monoisotopic (exact) mass is 765 g/mol. The third-order valence-electron chi connectivity index (χ3n) is 11.0. The van der Waals surface area contributed by atoms with E-state index in [1.165, 1.54) is 0 Å². The van der Waals surface area contributed by atoms with Crippen molar-refractivity contribution in [1.29, 1.82) is 0 Å². The van der Waals surface area contributed by atoms with Gasteiger partial charge in [0.05, 0.1) is 5.56 Å². The average molecular weight is 767 g/mol. The number of fused-ring (bicyclic) bond motifs is 7. The van der Waals surface area contributed by atoms with Crippen molar-refractivity contribution in [2.24, 2.45) is 11.8 Å². The van der Waals surface area contributed by atoms with E-state index in [0.29, 0.717) is 33.5 Å². The third-order valence-corrected chi connectivity index (χ3v) is 11.6. The number of ether oxygens (including phenoxy) is 2. The van der Waals surface area contributed by atoms with Crippen molar-refractivity contribution in [1.82, 2.24) is 25.6 Å². The second kappa shape index (κ2) is 11.6. The number of aromatic amines is 1. The molecule has 0 saturated carbocycles. The van der Waals surface area contributed by atoms with E-state index in [2.05, 4.69) is 15.6 Å². The lowest BCUT2D eigenvalue weighted by atomic mass is 9.72. The molecule has 3 aromatic carbocycles. The second-order valence-electron chi connectivity index (χ2n) is 15.0. The van der Waals surface area contributed by atoms with E-state index in [1.54, 1.807) is 13.8 Å². The molecule has 0 aliphatic carbocycles. The minimum Gasteiger partial charge on any atom is -0.453 e. The van der Waals surface area contributed by atoms with Crippen LogP contribution in [0.1, 0.15) is 62.1 Å². The highest BCUT2D eigenvalue weighted by Gasteiger charge is 2.63. The lowest BCUT2D eigenvalue weighted by molar-refractivity contribution is -0.135. The van der Waals surface area contributed by atoms with Crippen LogP contribution < -0.4 is 20.1 Å². The molecule has 3 aromatic heterocycles. The Bertz CT molecular complexity index is 2590. The zero-order chi connectivity index (χ0) is 37.4. The Hall–Kier alpha value is -5.30. The summed E-state index contributed by atoms with van der Waals surface area (Å²) in [4.78, 5) is 40.4. The number of benzene rings is 3. The Kier molecular flexibility index (Phi) is 7.15. The van der Waals surface area contributed by atoms with Crippen LogP contribution in [-0.2, 0) is 21.4 Å². The number of rotatable bonds is 4. The van der Waals surface area contributed by atoms with Gasteiger partial charge in [-0.15, -0.1) is 0 Å². The molecule has 12 nitrogen and oxygen atoms in total. The van der Waals surface area contributed by atoms with Crippen molar-refractivity contribution >= 4 is 45.9 Å². The Morgan fingerprint density at radius 3 is 2.59 bits per heavy atom. The summed E-state index contributed by atoms with van der Waals surface area (Å²) < 4.78 is 27.1. The maximum atomic E-state index is 14.2. The number of hydrogen-bond acceptors (Lipinski definition) is 9. The average Bonchev–Trinajstić information content (AvgIpc) is 3.94. The minimum absolute atomic E-state index is 0.0716. The first kappa shape index (κ1) is 33.3. The Balaban J connectivity index is 1.30. The summed E-state index contributed by atoms with van der Waals surface area (Å²) in [7, 11) is 0. The van der Waals surface area contributed by atoms with Crippen LogP contribution in [0, 0.1) is 11.8 Å². The summed E-state index contributed by atoms with van der Waals surface area (Å²) in [5.74, 6) is 0.243. The maximum absolute atomic E-state index is 14.2. The van der Waals surface area contributed by atoms with Crippen LogP contribution in [0.25, 0.3) is 44.9 Å². The fourth-order valence-electron chi connectivity index (χ4n) is 8.34. The smallest absolute Gasteiger partial charge is 0.262 e. The Morgan fingerprint density at radius 2 is 1.80 bits per heavy atom. The van der Waals surface area contributed by atoms with Gasteiger partial charge in [-0.3, -0.25) is 9.59 Å². The van der Waals surface area contributed by atoms with Crippen LogP contribution in [0.4, 0.5) is 0 Å². The molecule has 5 atom stereocenters. The molecular formula is C40H33Cl2N5O7. The van der Waals surface area contributed by atoms with Gasteiger partial charge in [0, 0.05) is 34.0 Å². The summed E-state index contributed by atoms with van der Waals surface area (Å²) in [5, 5.41) is 17.7. The topological polar surface area (TPSA) is 165 Å². The molecule has 0 fully saturated rings. The Morgan fingerprint density at radius 1 is 1.00 bits per heavy atom. The van der Waals surface area contributed by atoms with E-state index >= 15 is 0 Å². The summed E-state index contributed by atoms with van der Waals surface area (Å²) >= 11 is 13.8. The number of aliphatic hydroxyl groups excluding tert-OH is 1. The highest BCUT2D eigenvalue weighted by Crippen LogP contribution is 2.63. The predicted octanol–water partition coefficient (Wildman–Crippen LogP) is 7.08. The van der Waals surface area contributed by atoms with Gasteiger partial charge in [0.1, 0.15) is 34.8 Å². The van der Waals surface area contributed by atoms with E-state index in [9.17, 15) is 14.7 Å². The van der Waals surface area contributed by atoms with Gasteiger partial charge < -0.3 is 39.0 Å². The quantitative estimate of drug-likeness (QED) is 0.147. The number of aliphatic hydroxyl groups is 1. The van der Waals surface area contributed by atoms with Crippen molar-refractivity contribution in [2.45, 2.75) is 64.0 Å². The van der Waals surface area contributed by atoms with Crippen molar-refractivity contribution in [3.63, 3.8) is 0 Å². The first-order chi connectivity index (χ1) is 25.9. The van der Waals surface area contributed by atoms with E-state index in [-0.39, 0.29) is 46.6 Å². The van der Waals surface area contributed by atoms with E-state index in [4.69, 9.17) is 51.5 Å². The largest absolute Gasteiger partial charge is 0.453 e. The van der Waals surface area contributed by atoms with Crippen LogP contribution in [0.3, 0.4) is 0 Å². The minimum atomic E-state index is -1.31. The first-order valence-electron chi connectivity index (χ1n) is 17.8. The summed E-state index contributed by atoms with van der Waals surface area (Å²) in [6.07, 6.45) is -2.14. The number of carbonyl (C=O) groups is 2. The Labute approximate surface area is 318 Å². The summed E-state index contributed by atoms with van der Waals surface area (Å²) in [5.41, 5.74) is 4.08. The fraction of sp³-hybridized carbons (Fsp3) is 0.300. The van der Waals surface area contributed by atoms with Crippen molar-refractivity contribution in [3.05, 3.63) is 93.2 Å². The molecule has 2 amide bonds. The summed E-state index contributed by atoms with van der Waals surface area (Å²) in [6.45, 7) is 7.32. The molecule has 0 unspecified atom stereocenters. The van der Waals surface area contributed by atoms with Crippen molar-refractivity contribution in [2.75, 3.05) is 0 Å². The van der Waals surface area contributed by atoms with Gasteiger partial charge in [0.2, 0.25) is 17.7 Å². The molecule has 7 heterocycles. The van der Waals surface area contributed by atoms with Gasteiger partial charge >= 0.3 is 0 Å². The normalized spacial score (nSPS) is 22.2. The van der Waals surface area contributed by atoms with Crippen LogP contribution in [-0.4, -0.2) is 50.3 Å². The standard InChI is InChI=1S/C40H33Cl2N5O7/c1-15(2)27-37-46-28-32(54-37)40-20-9-5-8-19(18-7-6-10-22-25(18)26(33(41)43-22)31-34(42)47-38(28)52-31)30(20)53-39(40)51-24-12-11-17(13-21(24)40)14-23(35(49)45-27)44-36(50)29(48)16(3)4/h5-13,15-16,23,27,29,39,43,48H,14H2,1-4H3,(H,44,50)(H,45,49)/t23-,27-,29-,39-,40-/m0/s1. The lowest BCUT2D eigenvalue weighted by Gasteiger charge is -2.28. The molecule has 54 heavy (non-hydrogen) atoms. The molecular weight excluding hydrogens is 733 g/mol. The molecule has 0 radical (unpaired) electrons. The molecule has 10 bridgehead atoms. The highest BCUT2D eigenvalue weighted by molar-refractivity contribution is 6.37. The van der Waals surface area contributed by atoms with Crippen molar-refractivity contribution < 1.29 is 33.0 Å². The van der Waals surface area contributed by atoms with Gasteiger partial charge in [0.15, 0.2) is 27.8 Å². The molecule has 10 rings (SSSR count). The van der Waals surface area contributed by atoms with Gasteiger partial charge in [-0.1, -0.05) is 93.4 Å². The molecule has 4 aliphatic rings. The van der Waals surface area contributed by atoms with Crippen molar-refractivity contribution in [3.8, 4) is 45.5 Å². The number of para-hydroxylation sites is 1. The number of nitrogens with one attached hydrogen (secondary N) is 3. The zero-order valence-corrected chi connectivity index (χ0v) is 30.9. The number of nitrogens with zero attached hydrogens (tertiary/aromatic N) is 2. The number of halogens is 2. The molecule has 4 N–H and O–H groups in total. The molecule has 6 aromatic rings. The first-order valence-corrected chi connectivity index (χ1v) is 18.6. The number of carbonyl (C=O) groups excluding carboxylic acids is 2. The summed E-state index contributed by atoms with van der Waals surface area (Å²) in [6, 6.07) is 15.6. The van der Waals surface area contributed by atoms with Crippen LogP contribution in [0.5, 0.6) is 11.5 Å². The van der Waals surface area contributed by atoms with E-state index < -0.39 is 41.7 Å². The van der Waals surface area contributed by atoms with Crippen LogP contribution in [0.2, 0.25) is 10.3 Å². The maximum Gasteiger partial charge on any atom is 0.262 e. The second-order valence-corrected chi connectivity index (χ2v) is 15.7. The number of oxazole rings is 2. The molecule has 274 valence electrons. The predicted molar refractivity (Wildman–Crippen MR) is 198 cm³/mol. The lowest BCUT2D eigenvalue weighted by Crippen LogP contribution is -2.52. The number of amides is 2. The van der Waals surface area contributed by atoms with Gasteiger partial charge in [-0.25, -0.2) is 4.98 Å². The van der Waals surface area contributed by atoms with Crippen LogP contribution in [0.15, 0.2) is 63.4 Å². The van der Waals surface area contributed by atoms with Gasteiger partial charge in [-0.05, 0) is 35.1 Å². The molecule has 4 aliphatic heterocycles. The zero-order valence-electron chi connectivity index (χ0n) is 29.4. The van der Waals surface area contributed by atoms with Gasteiger partial charge in [-0.2, -0.15) is 4.98 Å². The van der Waals surface area contributed by atoms with E-state index in [1.807, 2.05) is 68.4 Å². The van der Waals surface area contributed by atoms with E-state index in [0.717, 1.165) is 33.2 Å². The fourth-order valence-corrected chi connectivity index (χ4v) is 8.83. The van der Waals surface area contributed by atoms with Gasteiger partial charge in [0.25, 0.3) is 12.2 Å². The highest BCUT2D eigenvalue weighted by atomic mass is 35.5. The van der Waals surface area contributed by atoms with Crippen LogP contribution >= 0.6 is 23.2 Å². The third kappa shape index (κ3) is 4.47. The molecule has 14 heteroatoms. The number of H-pyrrole nitrogens is 1. The SMILES string of the molecule is CC(C)[C@H](O)C(=O)N[C@H]1Cc2ccc3c(c2)[C@]24c5cccc(c5O[C@@H]2O3)-c2cccc3[nH]c(Cl)c(c23)-c2oc(nc2Cl)-c2nc(oc24)[C@H](C(C)C)NC1=O. The number of hydrogen-bond donors (Lipinski definition) is 4.